The van der Waals surface area contributed by atoms with E-state index in [1.807, 2.05) is 32.0 Å². The lowest BCUT2D eigenvalue weighted by atomic mass is 10.0. The molecule has 0 unspecified atom stereocenters. The highest BCUT2D eigenvalue weighted by molar-refractivity contribution is 7.19. The Morgan fingerprint density at radius 1 is 1.38 bits per heavy atom. The zero-order chi connectivity index (χ0) is 17.4. The van der Waals surface area contributed by atoms with Gasteiger partial charge in [-0.2, -0.15) is 0 Å². The Morgan fingerprint density at radius 3 is 2.75 bits per heavy atom. The smallest absolute Gasteiger partial charge is 0.323 e. The molecule has 1 aromatic carbocycles. The van der Waals surface area contributed by atoms with Crippen molar-refractivity contribution in [1.29, 1.82) is 0 Å². The summed E-state index contributed by atoms with van der Waals surface area (Å²) in [6.07, 6.45) is 1.29. The van der Waals surface area contributed by atoms with Gasteiger partial charge in [-0.3, -0.25) is 14.2 Å². The zero-order valence-corrected chi connectivity index (χ0v) is 14.3. The van der Waals surface area contributed by atoms with Crippen LogP contribution in [-0.2, 0) is 11.3 Å². The Kier molecular flexibility index (Phi) is 4.11. The quantitative estimate of drug-likeness (QED) is 0.787. The number of carboxylic acid groups (broad SMARTS) is 1. The first-order valence-electron chi connectivity index (χ1n) is 7.27. The Hall–Kier alpha value is -2.67. The van der Waals surface area contributed by atoms with Gasteiger partial charge in [0.05, 0.1) is 18.8 Å². The van der Waals surface area contributed by atoms with Crippen LogP contribution in [0, 0.1) is 13.8 Å². The van der Waals surface area contributed by atoms with Crippen LogP contribution in [0.4, 0.5) is 0 Å². The van der Waals surface area contributed by atoms with Crippen molar-refractivity contribution >= 4 is 27.5 Å². The van der Waals surface area contributed by atoms with Crippen LogP contribution in [0.5, 0.6) is 5.75 Å². The normalized spacial score (nSPS) is 11.0. The van der Waals surface area contributed by atoms with Crippen LogP contribution in [-0.4, -0.2) is 27.7 Å². The maximum atomic E-state index is 12.7. The Labute approximate surface area is 142 Å². The van der Waals surface area contributed by atoms with E-state index in [-0.39, 0.29) is 5.56 Å². The number of methoxy groups -OCH3 is 1. The maximum absolute atomic E-state index is 12.7. The van der Waals surface area contributed by atoms with E-state index in [0.29, 0.717) is 10.2 Å². The Balaban J connectivity index is 2.27. The molecule has 0 bridgehead atoms. The third-order valence-corrected chi connectivity index (χ3v) is 4.86. The van der Waals surface area contributed by atoms with Crippen LogP contribution in [0.2, 0.25) is 0 Å². The minimum Gasteiger partial charge on any atom is -0.496 e. The van der Waals surface area contributed by atoms with Gasteiger partial charge in [-0.1, -0.05) is 6.07 Å². The molecular weight excluding hydrogens is 328 g/mol. The molecule has 0 aliphatic carbocycles. The molecule has 0 fully saturated rings. The summed E-state index contributed by atoms with van der Waals surface area (Å²) in [6, 6.07) is 5.72. The van der Waals surface area contributed by atoms with Crippen molar-refractivity contribution in [3.8, 4) is 16.9 Å². The standard InChI is InChI=1S/C17H16N2O4S/c1-9-6-11(4-5-12(9)23-3)14-10(2)24-16-15(14)17(22)19(8-18-16)7-13(20)21/h4-6,8H,7H2,1-3H3,(H,20,21). The second kappa shape index (κ2) is 6.09. The van der Waals surface area contributed by atoms with Gasteiger partial charge in [0.2, 0.25) is 0 Å². The number of aryl methyl sites for hydroxylation is 2. The average molecular weight is 344 g/mol. The number of hydrogen-bond donors (Lipinski definition) is 1. The molecule has 0 saturated carbocycles. The van der Waals surface area contributed by atoms with Crippen molar-refractivity contribution in [2.75, 3.05) is 7.11 Å². The molecule has 2 heterocycles. The van der Waals surface area contributed by atoms with E-state index in [1.54, 1.807) is 7.11 Å². The molecule has 0 spiro atoms. The summed E-state index contributed by atoms with van der Waals surface area (Å²) < 4.78 is 6.40. The number of hydrogen-bond acceptors (Lipinski definition) is 5. The Bertz CT molecular complexity index is 1000. The van der Waals surface area contributed by atoms with Gasteiger partial charge in [0.25, 0.3) is 5.56 Å². The van der Waals surface area contributed by atoms with Crippen molar-refractivity contribution in [2.45, 2.75) is 20.4 Å². The number of fused-ring (bicyclic) bond motifs is 1. The summed E-state index contributed by atoms with van der Waals surface area (Å²) in [5.74, 6) is -0.301. The molecule has 0 atom stereocenters. The van der Waals surface area contributed by atoms with Crippen molar-refractivity contribution in [2.24, 2.45) is 0 Å². The van der Waals surface area contributed by atoms with Gasteiger partial charge in [-0.15, -0.1) is 11.3 Å². The van der Waals surface area contributed by atoms with Crippen molar-refractivity contribution in [1.82, 2.24) is 9.55 Å². The van der Waals surface area contributed by atoms with Crippen LogP contribution < -0.4 is 10.3 Å². The highest BCUT2D eigenvalue weighted by Crippen LogP contribution is 2.37. The van der Waals surface area contributed by atoms with Crippen molar-refractivity contribution < 1.29 is 14.6 Å². The molecule has 6 nitrogen and oxygen atoms in total. The molecule has 0 aliphatic rings. The first-order chi connectivity index (χ1) is 11.4. The lowest BCUT2D eigenvalue weighted by Gasteiger charge is -2.08. The summed E-state index contributed by atoms with van der Waals surface area (Å²) >= 11 is 1.43. The predicted octanol–water partition coefficient (Wildman–Crippen LogP) is 2.84. The molecule has 124 valence electrons. The first-order valence-corrected chi connectivity index (χ1v) is 8.09. The molecule has 0 aliphatic heterocycles. The topological polar surface area (TPSA) is 81.4 Å². The molecule has 3 aromatic rings. The number of aliphatic carboxylic acids is 1. The first kappa shape index (κ1) is 16.2. The highest BCUT2D eigenvalue weighted by Gasteiger charge is 2.18. The molecule has 7 heteroatoms. The van der Waals surface area contributed by atoms with Crippen molar-refractivity contribution in [3.05, 3.63) is 45.3 Å². The predicted molar refractivity (Wildman–Crippen MR) is 93.0 cm³/mol. The molecule has 0 saturated heterocycles. The van der Waals surface area contributed by atoms with Crippen LogP contribution in [0.1, 0.15) is 10.4 Å². The minimum atomic E-state index is -1.08. The van der Waals surface area contributed by atoms with Gasteiger partial charge in [-0.05, 0) is 37.1 Å². The van der Waals surface area contributed by atoms with Gasteiger partial charge in [0.1, 0.15) is 17.1 Å². The monoisotopic (exact) mass is 344 g/mol. The van der Waals surface area contributed by atoms with E-state index in [4.69, 9.17) is 9.84 Å². The minimum absolute atomic E-state index is 0.338. The van der Waals surface area contributed by atoms with Gasteiger partial charge < -0.3 is 9.84 Å². The van der Waals surface area contributed by atoms with Crippen LogP contribution >= 0.6 is 11.3 Å². The Morgan fingerprint density at radius 2 is 2.12 bits per heavy atom. The van der Waals surface area contributed by atoms with Crippen LogP contribution in [0.3, 0.4) is 0 Å². The molecule has 0 radical (unpaired) electrons. The number of carboxylic acids is 1. The van der Waals surface area contributed by atoms with Gasteiger partial charge in [0.15, 0.2) is 0 Å². The summed E-state index contributed by atoms with van der Waals surface area (Å²) in [7, 11) is 1.61. The zero-order valence-electron chi connectivity index (χ0n) is 13.5. The number of aromatic nitrogens is 2. The van der Waals surface area contributed by atoms with E-state index < -0.39 is 12.5 Å². The number of ether oxygens (including phenoxy) is 1. The van der Waals surface area contributed by atoms with E-state index in [2.05, 4.69) is 4.98 Å². The molecule has 3 rings (SSSR count). The number of benzene rings is 1. The third-order valence-electron chi connectivity index (χ3n) is 3.84. The maximum Gasteiger partial charge on any atom is 0.323 e. The number of rotatable bonds is 4. The fourth-order valence-electron chi connectivity index (χ4n) is 2.78. The lowest BCUT2D eigenvalue weighted by molar-refractivity contribution is -0.137. The van der Waals surface area contributed by atoms with E-state index in [9.17, 15) is 9.59 Å². The molecular formula is C17H16N2O4S. The van der Waals surface area contributed by atoms with E-state index >= 15 is 0 Å². The highest BCUT2D eigenvalue weighted by atomic mass is 32.1. The molecule has 24 heavy (non-hydrogen) atoms. The van der Waals surface area contributed by atoms with E-state index in [0.717, 1.165) is 31.9 Å². The van der Waals surface area contributed by atoms with Gasteiger partial charge >= 0.3 is 5.97 Å². The van der Waals surface area contributed by atoms with Gasteiger partial charge in [-0.25, -0.2) is 4.98 Å². The summed E-state index contributed by atoms with van der Waals surface area (Å²) in [4.78, 5) is 29.5. The third kappa shape index (κ3) is 2.67. The van der Waals surface area contributed by atoms with Gasteiger partial charge in [0, 0.05) is 10.4 Å². The number of carbonyl (C=O) groups is 1. The second-order valence-electron chi connectivity index (χ2n) is 5.47. The second-order valence-corrected chi connectivity index (χ2v) is 6.67. The average Bonchev–Trinajstić information content (AvgIpc) is 2.86. The molecule has 0 amide bonds. The number of nitrogens with zero attached hydrogens (tertiary/aromatic N) is 2. The largest absolute Gasteiger partial charge is 0.496 e. The van der Waals surface area contributed by atoms with Crippen molar-refractivity contribution in [3.63, 3.8) is 0 Å². The molecule has 1 N–H and O–H groups in total. The SMILES string of the molecule is COc1ccc(-c2c(C)sc3ncn(CC(=O)O)c(=O)c23)cc1C. The summed E-state index contributed by atoms with van der Waals surface area (Å²) in [5, 5.41) is 9.41. The lowest BCUT2D eigenvalue weighted by Crippen LogP contribution is -2.24. The molecule has 2 aromatic heterocycles. The van der Waals surface area contributed by atoms with Crippen LogP contribution in [0.25, 0.3) is 21.3 Å². The fourth-order valence-corrected chi connectivity index (χ4v) is 3.78. The van der Waals surface area contributed by atoms with Crippen LogP contribution in [0.15, 0.2) is 29.3 Å². The fraction of sp³-hybridized carbons (Fsp3) is 0.235. The summed E-state index contributed by atoms with van der Waals surface area (Å²) in [6.45, 7) is 3.47. The summed E-state index contributed by atoms with van der Waals surface area (Å²) in [5.41, 5.74) is 2.32. The van der Waals surface area contributed by atoms with E-state index in [1.165, 1.54) is 17.7 Å². The number of thiophene rings is 1.